The number of sulfonamides is 1. The Morgan fingerprint density at radius 2 is 2.04 bits per heavy atom. The van der Waals surface area contributed by atoms with Crippen LogP contribution in [-0.4, -0.2) is 52.4 Å². The van der Waals surface area contributed by atoms with Gasteiger partial charge in [0.25, 0.3) is 6.43 Å². The third-order valence-electron chi connectivity index (χ3n) is 3.81. The Hall–Kier alpha value is -1.25. The maximum absolute atomic E-state index is 12.7. The zero-order chi connectivity index (χ0) is 16.9. The van der Waals surface area contributed by atoms with Crippen molar-refractivity contribution in [2.45, 2.75) is 24.2 Å². The second-order valence-electron chi connectivity index (χ2n) is 5.60. The van der Waals surface area contributed by atoms with Crippen LogP contribution >= 0.6 is 0 Å². The van der Waals surface area contributed by atoms with Gasteiger partial charge >= 0.3 is 0 Å². The van der Waals surface area contributed by atoms with E-state index in [4.69, 9.17) is 4.74 Å². The van der Waals surface area contributed by atoms with Gasteiger partial charge in [-0.25, -0.2) is 17.2 Å². The summed E-state index contributed by atoms with van der Waals surface area (Å²) in [6, 6.07) is 5.62. The Morgan fingerprint density at radius 1 is 1.35 bits per heavy atom. The molecule has 8 heteroatoms. The summed E-state index contributed by atoms with van der Waals surface area (Å²) in [6.07, 6.45) is -0.718. The molecule has 0 spiro atoms. The monoisotopic (exact) mass is 348 g/mol. The maximum atomic E-state index is 12.7. The first kappa shape index (κ1) is 18.1. The lowest BCUT2D eigenvalue weighted by atomic mass is 10.00. The number of alkyl halides is 2. The van der Waals surface area contributed by atoms with Gasteiger partial charge in [-0.2, -0.15) is 4.31 Å². The van der Waals surface area contributed by atoms with E-state index in [9.17, 15) is 17.2 Å². The van der Waals surface area contributed by atoms with E-state index in [2.05, 4.69) is 5.32 Å². The topological polar surface area (TPSA) is 58.6 Å². The van der Waals surface area contributed by atoms with Crippen LogP contribution in [0.25, 0.3) is 0 Å². The van der Waals surface area contributed by atoms with E-state index < -0.39 is 23.1 Å². The molecule has 0 aromatic heterocycles. The third kappa shape index (κ3) is 4.86. The number of hydrogen-bond donors (Lipinski definition) is 1. The number of piperidine rings is 1. The van der Waals surface area contributed by atoms with Gasteiger partial charge in [-0.3, -0.25) is 0 Å². The predicted octanol–water partition coefficient (Wildman–Crippen LogP) is 1.95. The Bertz CT molecular complexity index is 591. The summed E-state index contributed by atoms with van der Waals surface area (Å²) in [5, 5.41) is 3.08. The van der Waals surface area contributed by atoms with E-state index in [1.165, 1.54) is 28.6 Å². The molecule has 1 saturated heterocycles. The lowest BCUT2D eigenvalue weighted by Crippen LogP contribution is -2.42. The molecule has 1 aliphatic heterocycles. The highest BCUT2D eigenvalue weighted by atomic mass is 32.2. The molecule has 1 N–H and O–H groups in total. The molecular weight excluding hydrogens is 326 g/mol. The molecule has 1 heterocycles. The van der Waals surface area contributed by atoms with Gasteiger partial charge in [0.05, 0.1) is 4.90 Å². The Morgan fingerprint density at radius 3 is 2.65 bits per heavy atom. The van der Waals surface area contributed by atoms with Crippen molar-refractivity contribution in [3.63, 3.8) is 0 Å². The second kappa shape index (κ2) is 8.03. The summed E-state index contributed by atoms with van der Waals surface area (Å²) in [6.45, 7) is 1.08. The summed E-state index contributed by atoms with van der Waals surface area (Å²) in [7, 11) is -1.71. The summed E-state index contributed by atoms with van der Waals surface area (Å²) in [5.74, 6) is 0.535. The van der Waals surface area contributed by atoms with Crippen molar-refractivity contribution in [1.29, 1.82) is 0 Å². The molecule has 0 amide bonds. The predicted molar refractivity (Wildman–Crippen MR) is 83.4 cm³/mol. The molecule has 1 aromatic rings. The van der Waals surface area contributed by atoms with Gasteiger partial charge in [0.15, 0.2) is 0 Å². The lowest BCUT2D eigenvalue weighted by molar-refractivity contribution is 0.0819. The molecule has 1 atom stereocenters. The van der Waals surface area contributed by atoms with E-state index in [0.717, 1.165) is 19.4 Å². The van der Waals surface area contributed by atoms with Crippen molar-refractivity contribution in [3.05, 3.63) is 24.3 Å². The van der Waals surface area contributed by atoms with Crippen molar-refractivity contribution >= 4 is 10.0 Å². The van der Waals surface area contributed by atoms with E-state index in [1.807, 2.05) is 7.05 Å². The quantitative estimate of drug-likeness (QED) is 0.818. The first-order chi connectivity index (χ1) is 10.9. The number of nitrogens with one attached hydrogen (secondary N) is 1. The first-order valence-electron chi connectivity index (χ1n) is 7.59. The van der Waals surface area contributed by atoms with Crippen LogP contribution in [0, 0.1) is 5.92 Å². The van der Waals surface area contributed by atoms with Crippen molar-refractivity contribution in [2.75, 3.05) is 33.3 Å². The molecule has 1 aromatic carbocycles. The van der Waals surface area contributed by atoms with E-state index >= 15 is 0 Å². The van der Waals surface area contributed by atoms with Crippen molar-refractivity contribution in [1.82, 2.24) is 9.62 Å². The van der Waals surface area contributed by atoms with Gasteiger partial charge in [-0.05, 0) is 56.6 Å². The zero-order valence-electron chi connectivity index (χ0n) is 13.0. The minimum absolute atomic E-state index is 0.159. The molecule has 1 aliphatic rings. The van der Waals surface area contributed by atoms with Crippen molar-refractivity contribution in [3.8, 4) is 5.75 Å². The highest BCUT2D eigenvalue weighted by Gasteiger charge is 2.29. The number of rotatable bonds is 7. The van der Waals surface area contributed by atoms with Gasteiger partial charge < -0.3 is 10.1 Å². The fourth-order valence-electron chi connectivity index (χ4n) is 2.72. The number of hydrogen-bond acceptors (Lipinski definition) is 4. The smallest absolute Gasteiger partial charge is 0.272 e. The molecule has 23 heavy (non-hydrogen) atoms. The normalized spacial score (nSPS) is 19.9. The fourth-order valence-corrected chi connectivity index (χ4v) is 4.27. The van der Waals surface area contributed by atoms with Crippen LogP contribution in [-0.2, 0) is 10.0 Å². The summed E-state index contributed by atoms with van der Waals surface area (Å²) in [5.41, 5.74) is 0. The number of benzene rings is 1. The fraction of sp³-hybridized carbons (Fsp3) is 0.600. The molecule has 5 nitrogen and oxygen atoms in total. The summed E-state index contributed by atoms with van der Waals surface area (Å²) in [4.78, 5) is 0.159. The zero-order valence-corrected chi connectivity index (χ0v) is 13.9. The van der Waals surface area contributed by atoms with E-state index in [-0.39, 0.29) is 10.6 Å². The van der Waals surface area contributed by atoms with Crippen LogP contribution in [0.2, 0.25) is 0 Å². The van der Waals surface area contributed by atoms with Crippen molar-refractivity contribution in [2.24, 2.45) is 5.92 Å². The van der Waals surface area contributed by atoms with Gasteiger partial charge in [0.1, 0.15) is 12.4 Å². The molecule has 0 bridgehead atoms. The largest absolute Gasteiger partial charge is 0.488 e. The number of nitrogens with zero attached hydrogens (tertiary/aromatic N) is 1. The van der Waals surface area contributed by atoms with Crippen LogP contribution < -0.4 is 10.1 Å². The molecule has 0 radical (unpaired) electrons. The summed E-state index contributed by atoms with van der Waals surface area (Å²) >= 11 is 0. The van der Waals surface area contributed by atoms with Crippen molar-refractivity contribution < 1.29 is 21.9 Å². The summed E-state index contributed by atoms with van der Waals surface area (Å²) < 4.78 is 55.9. The van der Waals surface area contributed by atoms with Gasteiger partial charge in [0, 0.05) is 13.1 Å². The second-order valence-corrected chi connectivity index (χ2v) is 7.54. The average molecular weight is 348 g/mol. The molecule has 1 unspecified atom stereocenters. The number of ether oxygens (including phenoxy) is 1. The molecular formula is C15H22F2N2O3S. The molecule has 0 saturated carbocycles. The standard InChI is InChI=1S/C15H22F2N2O3S/c1-18-9-12-3-2-8-19(10-12)23(20,21)14-6-4-13(5-7-14)22-11-15(16)17/h4-7,12,15,18H,2-3,8-11H2,1H3. The van der Waals surface area contributed by atoms with Gasteiger partial charge in [-0.15, -0.1) is 0 Å². The maximum Gasteiger partial charge on any atom is 0.272 e. The molecule has 2 rings (SSSR count). The minimum atomic E-state index is -3.56. The molecule has 130 valence electrons. The molecule has 0 aliphatic carbocycles. The van der Waals surface area contributed by atoms with Crippen LogP contribution in [0.3, 0.4) is 0 Å². The Labute approximate surface area is 135 Å². The Kier molecular flexibility index (Phi) is 6.32. The SMILES string of the molecule is CNCC1CCCN(S(=O)(=O)c2ccc(OCC(F)F)cc2)C1. The van der Waals surface area contributed by atoms with Crippen LogP contribution in [0.1, 0.15) is 12.8 Å². The minimum Gasteiger partial charge on any atom is -0.488 e. The van der Waals surface area contributed by atoms with Crippen LogP contribution in [0.15, 0.2) is 29.2 Å². The molecule has 1 fully saturated rings. The highest BCUT2D eigenvalue weighted by Crippen LogP contribution is 2.25. The van der Waals surface area contributed by atoms with E-state index in [0.29, 0.717) is 19.0 Å². The van der Waals surface area contributed by atoms with Gasteiger partial charge in [0.2, 0.25) is 10.0 Å². The van der Waals surface area contributed by atoms with Crippen LogP contribution in [0.4, 0.5) is 8.78 Å². The van der Waals surface area contributed by atoms with E-state index in [1.54, 1.807) is 0 Å². The number of halogens is 2. The average Bonchev–Trinajstić information content (AvgIpc) is 2.54. The van der Waals surface area contributed by atoms with Crippen LogP contribution in [0.5, 0.6) is 5.75 Å². The highest BCUT2D eigenvalue weighted by molar-refractivity contribution is 7.89. The first-order valence-corrected chi connectivity index (χ1v) is 9.03. The Balaban J connectivity index is 2.06. The van der Waals surface area contributed by atoms with Gasteiger partial charge in [-0.1, -0.05) is 0 Å². The third-order valence-corrected chi connectivity index (χ3v) is 5.69. The lowest BCUT2D eigenvalue weighted by Gasteiger charge is -2.31.